The van der Waals surface area contributed by atoms with Crippen molar-refractivity contribution in [3.8, 4) is 0 Å². The van der Waals surface area contributed by atoms with Crippen molar-refractivity contribution in [2.75, 3.05) is 0 Å². The first kappa shape index (κ1) is 13.7. The van der Waals surface area contributed by atoms with E-state index in [9.17, 15) is 14.4 Å². The van der Waals surface area contributed by atoms with Crippen LogP contribution in [0, 0.1) is 6.92 Å². The van der Waals surface area contributed by atoms with E-state index >= 15 is 0 Å². The highest BCUT2D eigenvalue weighted by molar-refractivity contribution is 5.95. The number of aryl methyl sites for hydroxylation is 1. The number of hydrogen-bond acceptors (Lipinski definition) is 5. The molecule has 0 aliphatic heterocycles. The minimum atomic E-state index is -1.25. The lowest BCUT2D eigenvalue weighted by atomic mass is 10.1. The van der Waals surface area contributed by atoms with E-state index in [2.05, 4.69) is 15.0 Å². The summed E-state index contributed by atoms with van der Waals surface area (Å²) in [6.07, 6.45) is 1.13. The number of nitrogens with two attached hydrogens (primary N) is 1. The number of hydrogen-bond donors (Lipinski definition) is 3. The van der Waals surface area contributed by atoms with E-state index in [0.717, 1.165) is 0 Å². The van der Waals surface area contributed by atoms with Crippen LogP contribution in [0.3, 0.4) is 0 Å². The predicted octanol–water partition coefficient (Wildman–Crippen LogP) is -0.568. The molecule has 1 aromatic rings. The number of nitrogens with one attached hydrogen (secondary N) is 1. The standard InChI is InChI=1S/C10H13N3O5/c1-5-4-12-18-8(5)9(15)13-6(10(16)17)2-3-7(11)14/h4,6H,2-3H2,1H3,(H2,11,14)(H,13,15)(H,16,17)/t6-/m0/s1. The molecular weight excluding hydrogens is 242 g/mol. The van der Waals surface area contributed by atoms with Gasteiger partial charge in [0, 0.05) is 12.0 Å². The Balaban J connectivity index is 2.67. The van der Waals surface area contributed by atoms with Gasteiger partial charge in [-0.2, -0.15) is 0 Å². The number of nitrogens with zero attached hydrogens (tertiary/aromatic N) is 1. The van der Waals surface area contributed by atoms with Gasteiger partial charge in [-0.3, -0.25) is 9.59 Å². The Morgan fingerprint density at radius 1 is 1.56 bits per heavy atom. The Labute approximate surface area is 102 Å². The first-order valence-corrected chi connectivity index (χ1v) is 5.15. The van der Waals surface area contributed by atoms with Gasteiger partial charge in [-0.25, -0.2) is 4.79 Å². The Bertz CT molecular complexity index is 468. The quantitative estimate of drug-likeness (QED) is 0.622. The molecule has 0 saturated heterocycles. The van der Waals surface area contributed by atoms with Gasteiger partial charge >= 0.3 is 5.97 Å². The maximum Gasteiger partial charge on any atom is 0.326 e. The minimum absolute atomic E-state index is 0.0553. The Hall–Kier alpha value is -2.38. The van der Waals surface area contributed by atoms with Crippen LogP contribution in [0.25, 0.3) is 0 Å². The molecule has 0 bridgehead atoms. The van der Waals surface area contributed by atoms with Crippen LogP contribution < -0.4 is 11.1 Å². The molecule has 0 radical (unpaired) electrons. The van der Waals surface area contributed by atoms with Crippen LogP contribution in [0.5, 0.6) is 0 Å². The van der Waals surface area contributed by atoms with Crippen LogP contribution in [0.15, 0.2) is 10.7 Å². The third kappa shape index (κ3) is 3.58. The van der Waals surface area contributed by atoms with Crippen molar-refractivity contribution in [1.29, 1.82) is 0 Å². The van der Waals surface area contributed by atoms with E-state index in [1.165, 1.54) is 6.20 Å². The van der Waals surface area contributed by atoms with Crippen molar-refractivity contribution in [2.24, 2.45) is 5.73 Å². The van der Waals surface area contributed by atoms with Crippen LogP contribution >= 0.6 is 0 Å². The molecule has 0 fully saturated rings. The van der Waals surface area contributed by atoms with Gasteiger partial charge in [0.15, 0.2) is 0 Å². The fourth-order valence-corrected chi connectivity index (χ4v) is 1.28. The molecule has 1 rings (SSSR count). The number of carboxylic acid groups (broad SMARTS) is 1. The van der Waals surface area contributed by atoms with Gasteiger partial charge in [0.05, 0.1) is 6.20 Å². The van der Waals surface area contributed by atoms with Crippen LogP contribution in [0.4, 0.5) is 0 Å². The summed E-state index contributed by atoms with van der Waals surface area (Å²) in [5.41, 5.74) is 5.41. The topological polar surface area (TPSA) is 136 Å². The van der Waals surface area contributed by atoms with E-state index in [4.69, 9.17) is 10.8 Å². The molecule has 18 heavy (non-hydrogen) atoms. The van der Waals surface area contributed by atoms with Gasteiger partial charge < -0.3 is 20.7 Å². The van der Waals surface area contributed by atoms with Crippen LogP contribution in [-0.2, 0) is 9.59 Å². The molecule has 2 amide bonds. The highest BCUT2D eigenvalue weighted by atomic mass is 16.5. The lowest BCUT2D eigenvalue weighted by molar-refractivity contribution is -0.139. The molecule has 0 aromatic carbocycles. The smallest absolute Gasteiger partial charge is 0.326 e. The molecule has 1 heterocycles. The average Bonchev–Trinajstić information content (AvgIpc) is 2.69. The minimum Gasteiger partial charge on any atom is -0.480 e. The third-order valence-corrected chi connectivity index (χ3v) is 2.24. The fraction of sp³-hybridized carbons (Fsp3) is 0.400. The number of aromatic nitrogens is 1. The van der Waals surface area contributed by atoms with Gasteiger partial charge in [-0.05, 0) is 13.3 Å². The summed E-state index contributed by atoms with van der Waals surface area (Å²) in [5, 5.41) is 14.5. The van der Waals surface area contributed by atoms with Gasteiger partial charge in [0.25, 0.3) is 5.91 Å². The molecule has 1 atom stereocenters. The van der Waals surface area contributed by atoms with Crippen molar-refractivity contribution in [1.82, 2.24) is 10.5 Å². The van der Waals surface area contributed by atoms with Gasteiger partial charge in [0.1, 0.15) is 6.04 Å². The van der Waals surface area contributed by atoms with Gasteiger partial charge in [-0.1, -0.05) is 5.16 Å². The molecule has 4 N–H and O–H groups in total. The highest BCUT2D eigenvalue weighted by Crippen LogP contribution is 2.07. The Morgan fingerprint density at radius 3 is 2.67 bits per heavy atom. The van der Waals surface area contributed by atoms with E-state index < -0.39 is 23.8 Å². The molecule has 98 valence electrons. The molecule has 8 nitrogen and oxygen atoms in total. The van der Waals surface area contributed by atoms with E-state index in [1.807, 2.05) is 0 Å². The monoisotopic (exact) mass is 255 g/mol. The summed E-state index contributed by atoms with van der Waals surface area (Å²) >= 11 is 0. The van der Waals surface area contributed by atoms with Crippen molar-refractivity contribution >= 4 is 17.8 Å². The zero-order valence-corrected chi connectivity index (χ0v) is 9.67. The number of carboxylic acids is 1. The molecular formula is C10H13N3O5. The summed E-state index contributed by atoms with van der Waals surface area (Å²) in [4.78, 5) is 33.1. The SMILES string of the molecule is Cc1cnoc1C(=O)N[C@@H](CCC(N)=O)C(=O)O. The molecule has 1 aromatic heterocycles. The molecule has 0 spiro atoms. The largest absolute Gasteiger partial charge is 0.480 e. The van der Waals surface area contributed by atoms with Gasteiger partial charge in [0.2, 0.25) is 11.7 Å². The first-order valence-electron chi connectivity index (χ1n) is 5.15. The average molecular weight is 255 g/mol. The summed E-state index contributed by atoms with van der Waals surface area (Å²) in [7, 11) is 0. The van der Waals surface area contributed by atoms with E-state index in [-0.39, 0.29) is 18.6 Å². The summed E-state index contributed by atoms with van der Waals surface area (Å²) < 4.78 is 4.69. The zero-order valence-electron chi connectivity index (χ0n) is 9.67. The third-order valence-electron chi connectivity index (χ3n) is 2.24. The van der Waals surface area contributed by atoms with Crippen molar-refractivity contribution in [3.05, 3.63) is 17.5 Å². The summed E-state index contributed by atoms with van der Waals surface area (Å²) in [6, 6.07) is -1.20. The first-order chi connectivity index (χ1) is 8.41. The fourth-order valence-electron chi connectivity index (χ4n) is 1.28. The van der Waals surface area contributed by atoms with Gasteiger partial charge in [-0.15, -0.1) is 0 Å². The molecule has 0 saturated carbocycles. The normalized spacial score (nSPS) is 11.8. The second kappa shape index (κ2) is 5.80. The zero-order chi connectivity index (χ0) is 13.7. The Morgan fingerprint density at radius 2 is 2.22 bits per heavy atom. The van der Waals surface area contributed by atoms with Crippen molar-refractivity contribution in [2.45, 2.75) is 25.8 Å². The molecule has 0 aliphatic rings. The predicted molar refractivity (Wildman–Crippen MR) is 58.6 cm³/mol. The van der Waals surface area contributed by atoms with E-state index in [0.29, 0.717) is 5.56 Å². The van der Waals surface area contributed by atoms with Crippen LogP contribution in [-0.4, -0.2) is 34.1 Å². The molecule has 0 aliphatic carbocycles. The van der Waals surface area contributed by atoms with E-state index in [1.54, 1.807) is 6.92 Å². The number of rotatable bonds is 6. The second-order valence-electron chi connectivity index (χ2n) is 3.71. The molecule has 8 heteroatoms. The number of primary amides is 1. The Kier molecular flexibility index (Phi) is 4.41. The number of amides is 2. The van der Waals surface area contributed by atoms with Crippen molar-refractivity contribution < 1.29 is 24.0 Å². The lowest BCUT2D eigenvalue weighted by Gasteiger charge is -2.12. The maximum absolute atomic E-state index is 11.7. The number of aliphatic carboxylic acids is 1. The van der Waals surface area contributed by atoms with Crippen LogP contribution in [0.2, 0.25) is 0 Å². The maximum atomic E-state index is 11.7. The lowest BCUT2D eigenvalue weighted by Crippen LogP contribution is -2.41. The number of carbonyl (C=O) groups is 3. The van der Waals surface area contributed by atoms with Crippen LogP contribution in [0.1, 0.15) is 29.0 Å². The molecule has 0 unspecified atom stereocenters. The second-order valence-corrected chi connectivity index (χ2v) is 3.71. The highest BCUT2D eigenvalue weighted by Gasteiger charge is 2.23. The number of carbonyl (C=O) groups excluding carboxylic acids is 2. The summed E-state index contributed by atoms with van der Waals surface area (Å²) in [6.45, 7) is 1.60. The van der Waals surface area contributed by atoms with Crippen molar-refractivity contribution in [3.63, 3.8) is 0 Å². The summed E-state index contributed by atoms with van der Waals surface area (Å²) in [5.74, 6) is -2.63.